The van der Waals surface area contributed by atoms with Gasteiger partial charge >= 0.3 is 5.97 Å². The summed E-state index contributed by atoms with van der Waals surface area (Å²) >= 11 is 0. The van der Waals surface area contributed by atoms with Crippen LogP contribution in [0, 0.1) is 0 Å². The molecule has 0 heterocycles. The number of fused-ring (bicyclic) bond motifs is 1. The van der Waals surface area contributed by atoms with E-state index in [4.69, 9.17) is 4.74 Å². The summed E-state index contributed by atoms with van der Waals surface area (Å²) in [4.78, 5) is 11.8. The van der Waals surface area contributed by atoms with Gasteiger partial charge in [-0.05, 0) is 50.7 Å². The Bertz CT molecular complexity index is 415. The molecule has 1 unspecified atom stereocenters. The van der Waals surface area contributed by atoms with E-state index in [1.807, 2.05) is 26.8 Å². The topological polar surface area (TPSA) is 26.3 Å². The molecule has 1 aliphatic rings. The number of benzene rings is 1. The van der Waals surface area contributed by atoms with Crippen molar-refractivity contribution in [2.75, 3.05) is 0 Å². The third kappa shape index (κ3) is 3.09. The first-order valence-electron chi connectivity index (χ1n) is 6.25. The smallest absolute Gasteiger partial charge is 0.306 e. The summed E-state index contributed by atoms with van der Waals surface area (Å²) in [5.41, 5.74) is 2.34. The van der Waals surface area contributed by atoms with Crippen molar-refractivity contribution >= 4 is 5.97 Å². The van der Waals surface area contributed by atoms with E-state index in [0.717, 1.165) is 12.8 Å². The van der Waals surface area contributed by atoms with Gasteiger partial charge in [-0.2, -0.15) is 0 Å². The molecule has 0 radical (unpaired) electrons. The maximum atomic E-state index is 11.8. The van der Waals surface area contributed by atoms with Crippen molar-refractivity contribution in [3.8, 4) is 0 Å². The number of ether oxygens (including phenoxy) is 1. The lowest BCUT2D eigenvalue weighted by atomic mass is 9.98. The maximum absolute atomic E-state index is 11.8. The van der Waals surface area contributed by atoms with Crippen LogP contribution in [0.5, 0.6) is 0 Å². The van der Waals surface area contributed by atoms with Crippen molar-refractivity contribution < 1.29 is 9.53 Å². The molecule has 2 rings (SSSR count). The summed E-state index contributed by atoms with van der Waals surface area (Å²) in [7, 11) is 0. The van der Waals surface area contributed by atoms with E-state index in [0.29, 0.717) is 12.3 Å². The molecule has 1 aliphatic carbocycles. The molecule has 0 aromatic heterocycles. The molecule has 17 heavy (non-hydrogen) atoms. The summed E-state index contributed by atoms with van der Waals surface area (Å²) in [6.07, 6.45) is 2.66. The lowest BCUT2D eigenvalue weighted by Gasteiger charge is -2.21. The van der Waals surface area contributed by atoms with Crippen molar-refractivity contribution in [1.82, 2.24) is 0 Å². The standard InChI is InChI=1S/C15H20O2/c1-15(2,3)17-14(16)10-12-9-8-11-6-4-5-7-13(11)12/h4-7,12H,8-10H2,1-3H3. The monoisotopic (exact) mass is 232 g/mol. The van der Waals surface area contributed by atoms with E-state index >= 15 is 0 Å². The van der Waals surface area contributed by atoms with Gasteiger partial charge in [-0.3, -0.25) is 4.79 Å². The molecule has 2 nitrogen and oxygen atoms in total. The number of aryl methyl sites for hydroxylation is 1. The average Bonchev–Trinajstić information content (AvgIpc) is 2.59. The van der Waals surface area contributed by atoms with Crippen LogP contribution in [0.4, 0.5) is 0 Å². The van der Waals surface area contributed by atoms with Gasteiger partial charge in [0.1, 0.15) is 5.60 Å². The van der Waals surface area contributed by atoms with E-state index in [1.165, 1.54) is 11.1 Å². The molecule has 0 saturated heterocycles. The zero-order valence-corrected chi connectivity index (χ0v) is 10.8. The molecule has 0 aliphatic heterocycles. The summed E-state index contributed by atoms with van der Waals surface area (Å²) in [6.45, 7) is 5.73. The first kappa shape index (κ1) is 12.2. The highest BCUT2D eigenvalue weighted by atomic mass is 16.6. The lowest BCUT2D eigenvalue weighted by Crippen LogP contribution is -2.24. The minimum absolute atomic E-state index is 0.0841. The first-order chi connectivity index (χ1) is 7.96. The predicted octanol–water partition coefficient (Wildman–Crippen LogP) is 3.45. The van der Waals surface area contributed by atoms with Crippen LogP contribution in [0.2, 0.25) is 0 Å². The summed E-state index contributed by atoms with van der Waals surface area (Å²) in [5, 5.41) is 0. The normalized spacial score (nSPS) is 18.9. The van der Waals surface area contributed by atoms with Crippen molar-refractivity contribution in [3.05, 3.63) is 35.4 Å². The second kappa shape index (κ2) is 4.52. The highest BCUT2D eigenvalue weighted by Gasteiger charge is 2.26. The molecular formula is C15H20O2. The zero-order valence-electron chi connectivity index (χ0n) is 10.8. The largest absolute Gasteiger partial charge is 0.460 e. The fourth-order valence-corrected chi connectivity index (χ4v) is 2.44. The SMILES string of the molecule is CC(C)(C)OC(=O)CC1CCc2ccccc21. The van der Waals surface area contributed by atoms with Gasteiger partial charge in [-0.25, -0.2) is 0 Å². The minimum Gasteiger partial charge on any atom is -0.460 e. The summed E-state index contributed by atoms with van der Waals surface area (Å²) < 4.78 is 5.38. The molecule has 0 amide bonds. The van der Waals surface area contributed by atoms with E-state index in [1.54, 1.807) is 0 Å². The molecule has 0 N–H and O–H groups in total. The van der Waals surface area contributed by atoms with Gasteiger partial charge in [0.05, 0.1) is 6.42 Å². The van der Waals surface area contributed by atoms with Crippen LogP contribution in [0.1, 0.15) is 50.7 Å². The molecule has 0 fully saturated rings. The Morgan fingerprint density at radius 2 is 2.06 bits per heavy atom. The predicted molar refractivity (Wildman–Crippen MR) is 68.0 cm³/mol. The van der Waals surface area contributed by atoms with Gasteiger partial charge in [0.25, 0.3) is 0 Å². The Morgan fingerprint density at radius 1 is 1.35 bits per heavy atom. The van der Waals surface area contributed by atoms with Crippen LogP contribution >= 0.6 is 0 Å². The van der Waals surface area contributed by atoms with E-state index < -0.39 is 0 Å². The summed E-state index contributed by atoms with van der Waals surface area (Å²) in [5.74, 6) is 0.264. The Balaban J connectivity index is 2.00. The number of hydrogen-bond acceptors (Lipinski definition) is 2. The zero-order chi connectivity index (χ0) is 12.5. The average molecular weight is 232 g/mol. The third-order valence-electron chi connectivity index (χ3n) is 3.09. The van der Waals surface area contributed by atoms with Gasteiger partial charge in [0.15, 0.2) is 0 Å². The number of esters is 1. The van der Waals surface area contributed by atoms with Crippen molar-refractivity contribution in [2.45, 2.75) is 51.6 Å². The fourth-order valence-electron chi connectivity index (χ4n) is 2.44. The lowest BCUT2D eigenvalue weighted by molar-refractivity contribution is -0.155. The second-order valence-corrected chi connectivity index (χ2v) is 5.72. The van der Waals surface area contributed by atoms with Gasteiger partial charge < -0.3 is 4.74 Å². The minimum atomic E-state index is -0.380. The molecule has 92 valence electrons. The number of hydrogen-bond donors (Lipinski definition) is 0. The van der Waals surface area contributed by atoms with Crippen LogP contribution in [-0.2, 0) is 16.0 Å². The molecule has 1 aromatic carbocycles. The Labute approximate surface area is 103 Å². The fraction of sp³-hybridized carbons (Fsp3) is 0.533. The van der Waals surface area contributed by atoms with Crippen LogP contribution < -0.4 is 0 Å². The number of rotatable bonds is 2. The van der Waals surface area contributed by atoms with Crippen LogP contribution in [0.25, 0.3) is 0 Å². The van der Waals surface area contributed by atoms with E-state index in [9.17, 15) is 4.79 Å². The molecule has 1 atom stereocenters. The molecule has 0 spiro atoms. The van der Waals surface area contributed by atoms with Gasteiger partial charge in [0, 0.05) is 0 Å². The van der Waals surface area contributed by atoms with Crippen molar-refractivity contribution in [2.24, 2.45) is 0 Å². The third-order valence-corrected chi connectivity index (χ3v) is 3.09. The van der Waals surface area contributed by atoms with E-state index in [2.05, 4.69) is 18.2 Å². The van der Waals surface area contributed by atoms with Crippen LogP contribution in [0.3, 0.4) is 0 Å². The quantitative estimate of drug-likeness (QED) is 0.730. The Morgan fingerprint density at radius 3 is 2.76 bits per heavy atom. The van der Waals surface area contributed by atoms with Crippen molar-refractivity contribution in [1.29, 1.82) is 0 Å². The second-order valence-electron chi connectivity index (χ2n) is 5.72. The number of carbonyl (C=O) groups excluding carboxylic acids is 1. The van der Waals surface area contributed by atoms with Gasteiger partial charge in [-0.15, -0.1) is 0 Å². The number of carbonyl (C=O) groups is 1. The maximum Gasteiger partial charge on any atom is 0.306 e. The molecule has 1 aromatic rings. The van der Waals surface area contributed by atoms with Crippen LogP contribution in [-0.4, -0.2) is 11.6 Å². The van der Waals surface area contributed by atoms with Gasteiger partial charge in [-0.1, -0.05) is 24.3 Å². The molecule has 0 bridgehead atoms. The van der Waals surface area contributed by atoms with Crippen LogP contribution in [0.15, 0.2) is 24.3 Å². The Kier molecular flexibility index (Phi) is 3.23. The summed E-state index contributed by atoms with van der Waals surface area (Å²) in [6, 6.07) is 8.41. The van der Waals surface area contributed by atoms with Gasteiger partial charge in [0.2, 0.25) is 0 Å². The Hall–Kier alpha value is -1.31. The molecule has 0 saturated carbocycles. The molecular weight excluding hydrogens is 212 g/mol. The highest BCUT2D eigenvalue weighted by Crippen LogP contribution is 2.35. The van der Waals surface area contributed by atoms with E-state index in [-0.39, 0.29) is 11.6 Å². The van der Waals surface area contributed by atoms with Crippen molar-refractivity contribution in [3.63, 3.8) is 0 Å². The first-order valence-corrected chi connectivity index (χ1v) is 6.25. The highest BCUT2D eigenvalue weighted by molar-refractivity contribution is 5.71. The molecule has 2 heteroatoms.